The van der Waals surface area contributed by atoms with Crippen molar-refractivity contribution in [1.29, 1.82) is 0 Å². The van der Waals surface area contributed by atoms with Crippen molar-refractivity contribution in [3.05, 3.63) is 33.4 Å². The Morgan fingerprint density at radius 3 is 2.36 bits per heavy atom. The highest BCUT2D eigenvalue weighted by atomic mass is 127. The van der Waals surface area contributed by atoms with Gasteiger partial charge in [0, 0.05) is 22.8 Å². The van der Waals surface area contributed by atoms with Crippen LogP contribution in [-0.2, 0) is 20.7 Å². The number of ether oxygens (including phenoxy) is 2. The summed E-state index contributed by atoms with van der Waals surface area (Å²) in [4.78, 5) is 11.5. The number of halogens is 1. The predicted molar refractivity (Wildman–Crippen MR) is 95.7 cm³/mol. The maximum atomic E-state index is 11.5. The van der Waals surface area contributed by atoms with Gasteiger partial charge in [-0.25, -0.2) is 0 Å². The number of esters is 1. The summed E-state index contributed by atoms with van der Waals surface area (Å²) in [5.74, 6) is 0.467. The third kappa shape index (κ3) is 4.22. The molecule has 1 heterocycles. The second-order valence-corrected chi connectivity index (χ2v) is 7.49. The quantitative estimate of drug-likeness (QED) is 0.545. The lowest BCUT2D eigenvalue weighted by atomic mass is 9.79. The molecule has 2 rings (SSSR count). The minimum atomic E-state index is -0.227. The standard InChI is InChI=1S/C18H25IO3/c1-5-16-11(2)12(3)18(21-13(4)20)17(22-16)10-14-6-8-15(19)9-7-14/h6-9,11-12,16-18H,5,10H2,1-4H3/t11-,12-,16+,17+,18-/m0/s1. The highest BCUT2D eigenvalue weighted by molar-refractivity contribution is 14.1. The minimum absolute atomic E-state index is 0.0693. The van der Waals surface area contributed by atoms with Crippen molar-refractivity contribution in [2.45, 2.75) is 58.8 Å². The Balaban J connectivity index is 2.18. The first kappa shape index (κ1) is 17.7. The summed E-state index contributed by atoms with van der Waals surface area (Å²) < 4.78 is 13.1. The zero-order valence-electron chi connectivity index (χ0n) is 13.7. The van der Waals surface area contributed by atoms with Crippen molar-refractivity contribution in [3.63, 3.8) is 0 Å². The van der Waals surface area contributed by atoms with Crippen LogP contribution in [0, 0.1) is 15.4 Å². The van der Waals surface area contributed by atoms with Crippen LogP contribution in [0.1, 0.15) is 39.7 Å². The molecule has 0 aliphatic carbocycles. The molecule has 1 fully saturated rings. The Morgan fingerprint density at radius 1 is 1.18 bits per heavy atom. The first-order chi connectivity index (χ1) is 10.4. The number of hydrogen-bond acceptors (Lipinski definition) is 3. The zero-order chi connectivity index (χ0) is 16.3. The summed E-state index contributed by atoms with van der Waals surface area (Å²) in [7, 11) is 0. The molecule has 0 saturated carbocycles. The summed E-state index contributed by atoms with van der Waals surface area (Å²) >= 11 is 2.30. The van der Waals surface area contributed by atoms with Crippen LogP contribution in [-0.4, -0.2) is 24.3 Å². The van der Waals surface area contributed by atoms with Crippen LogP contribution in [0.25, 0.3) is 0 Å². The molecule has 1 aliphatic heterocycles. The maximum Gasteiger partial charge on any atom is 0.303 e. The van der Waals surface area contributed by atoms with Crippen molar-refractivity contribution >= 4 is 28.6 Å². The van der Waals surface area contributed by atoms with Gasteiger partial charge in [0.25, 0.3) is 0 Å². The molecule has 0 unspecified atom stereocenters. The van der Waals surface area contributed by atoms with Gasteiger partial charge in [0.15, 0.2) is 0 Å². The molecular weight excluding hydrogens is 391 g/mol. The largest absolute Gasteiger partial charge is 0.459 e. The fourth-order valence-corrected chi connectivity index (χ4v) is 3.62. The van der Waals surface area contributed by atoms with Crippen LogP contribution in [0.3, 0.4) is 0 Å². The van der Waals surface area contributed by atoms with Gasteiger partial charge in [0.1, 0.15) is 6.10 Å². The fraction of sp³-hybridized carbons (Fsp3) is 0.611. The van der Waals surface area contributed by atoms with Gasteiger partial charge < -0.3 is 9.47 Å². The maximum absolute atomic E-state index is 11.5. The summed E-state index contributed by atoms with van der Waals surface area (Å²) in [6, 6.07) is 8.45. The van der Waals surface area contributed by atoms with E-state index in [0.29, 0.717) is 11.8 Å². The molecule has 5 atom stereocenters. The molecule has 1 aromatic rings. The van der Waals surface area contributed by atoms with Gasteiger partial charge in [-0.3, -0.25) is 4.79 Å². The second-order valence-electron chi connectivity index (χ2n) is 6.24. The van der Waals surface area contributed by atoms with E-state index in [2.05, 4.69) is 67.6 Å². The average Bonchev–Trinajstić information content (AvgIpc) is 2.48. The third-order valence-electron chi connectivity index (χ3n) is 4.70. The molecule has 0 N–H and O–H groups in total. The van der Waals surface area contributed by atoms with E-state index in [1.165, 1.54) is 16.1 Å². The average molecular weight is 416 g/mol. The molecule has 4 heteroatoms. The van der Waals surface area contributed by atoms with Crippen LogP contribution in [0.4, 0.5) is 0 Å². The van der Waals surface area contributed by atoms with Gasteiger partial charge in [0.05, 0.1) is 12.2 Å². The summed E-state index contributed by atoms with van der Waals surface area (Å²) in [5, 5.41) is 0. The second kappa shape index (κ2) is 7.77. The fourth-order valence-electron chi connectivity index (χ4n) is 3.26. The Labute approximate surface area is 146 Å². The molecule has 3 nitrogen and oxygen atoms in total. The molecule has 0 amide bonds. The van der Waals surface area contributed by atoms with Gasteiger partial charge in [-0.05, 0) is 52.6 Å². The molecule has 1 aromatic carbocycles. The van der Waals surface area contributed by atoms with Gasteiger partial charge in [-0.1, -0.05) is 32.9 Å². The molecule has 0 spiro atoms. The number of rotatable bonds is 4. The Kier molecular flexibility index (Phi) is 6.26. The molecule has 22 heavy (non-hydrogen) atoms. The van der Waals surface area contributed by atoms with Gasteiger partial charge in [-0.2, -0.15) is 0 Å². The molecule has 122 valence electrons. The van der Waals surface area contributed by atoms with Crippen LogP contribution < -0.4 is 0 Å². The Morgan fingerprint density at radius 2 is 1.82 bits per heavy atom. The summed E-state index contributed by atoms with van der Waals surface area (Å²) in [6.45, 7) is 7.99. The topological polar surface area (TPSA) is 35.5 Å². The predicted octanol–water partition coefficient (Wildman–Crippen LogP) is 4.22. The lowest BCUT2D eigenvalue weighted by Gasteiger charge is -2.44. The van der Waals surface area contributed by atoms with Crippen LogP contribution in [0.15, 0.2) is 24.3 Å². The highest BCUT2D eigenvalue weighted by Gasteiger charge is 2.42. The van der Waals surface area contributed by atoms with Crippen LogP contribution in [0.2, 0.25) is 0 Å². The van der Waals surface area contributed by atoms with Gasteiger partial charge in [0.2, 0.25) is 0 Å². The minimum Gasteiger partial charge on any atom is -0.459 e. The van der Waals surface area contributed by atoms with E-state index in [4.69, 9.17) is 9.47 Å². The van der Waals surface area contributed by atoms with E-state index in [-0.39, 0.29) is 24.3 Å². The molecule has 1 saturated heterocycles. The molecule has 0 bridgehead atoms. The van der Waals surface area contributed by atoms with E-state index in [1.54, 1.807) is 0 Å². The van der Waals surface area contributed by atoms with Crippen LogP contribution >= 0.6 is 22.6 Å². The van der Waals surface area contributed by atoms with E-state index in [9.17, 15) is 4.79 Å². The van der Waals surface area contributed by atoms with Crippen molar-refractivity contribution < 1.29 is 14.3 Å². The van der Waals surface area contributed by atoms with Crippen molar-refractivity contribution in [1.82, 2.24) is 0 Å². The zero-order valence-corrected chi connectivity index (χ0v) is 15.9. The summed E-state index contributed by atoms with van der Waals surface area (Å²) in [5.41, 5.74) is 1.22. The molecule has 0 radical (unpaired) electrons. The monoisotopic (exact) mass is 416 g/mol. The van der Waals surface area contributed by atoms with Gasteiger partial charge in [-0.15, -0.1) is 0 Å². The van der Waals surface area contributed by atoms with Gasteiger partial charge >= 0.3 is 5.97 Å². The van der Waals surface area contributed by atoms with E-state index in [0.717, 1.165) is 12.8 Å². The molecular formula is C18H25IO3. The molecule has 1 aliphatic rings. The third-order valence-corrected chi connectivity index (χ3v) is 5.42. The Bertz CT molecular complexity index is 500. The normalized spacial score (nSPS) is 31.8. The first-order valence-electron chi connectivity index (χ1n) is 7.99. The number of hydrogen-bond donors (Lipinski definition) is 0. The van der Waals surface area contributed by atoms with E-state index < -0.39 is 0 Å². The van der Waals surface area contributed by atoms with Crippen molar-refractivity contribution in [2.75, 3.05) is 0 Å². The molecule has 0 aromatic heterocycles. The first-order valence-corrected chi connectivity index (χ1v) is 9.07. The highest BCUT2D eigenvalue weighted by Crippen LogP contribution is 2.35. The SMILES string of the molecule is CC[C@H]1O[C@H](Cc2ccc(I)cc2)[C@@H](OC(C)=O)[C@@H](C)[C@@H]1C. The van der Waals surface area contributed by atoms with E-state index >= 15 is 0 Å². The van der Waals surface area contributed by atoms with E-state index in [1.807, 2.05) is 0 Å². The van der Waals surface area contributed by atoms with Crippen molar-refractivity contribution in [2.24, 2.45) is 11.8 Å². The van der Waals surface area contributed by atoms with Crippen LogP contribution in [0.5, 0.6) is 0 Å². The number of benzene rings is 1. The number of carbonyl (C=O) groups excluding carboxylic acids is 1. The van der Waals surface area contributed by atoms with Crippen molar-refractivity contribution in [3.8, 4) is 0 Å². The number of carbonyl (C=O) groups is 1. The summed E-state index contributed by atoms with van der Waals surface area (Å²) in [6.07, 6.45) is 1.76. The Hall–Kier alpha value is -0.620. The lowest BCUT2D eigenvalue weighted by Crippen LogP contribution is -2.51. The lowest BCUT2D eigenvalue weighted by molar-refractivity contribution is -0.194. The smallest absolute Gasteiger partial charge is 0.303 e.